The Labute approximate surface area is 182 Å². The molecule has 0 amide bonds. The van der Waals surface area contributed by atoms with Crippen molar-refractivity contribution in [3.05, 3.63) is 65.2 Å². The molecule has 3 aromatic rings. The minimum atomic E-state index is 0. The van der Waals surface area contributed by atoms with Gasteiger partial charge in [0.05, 0.1) is 30.2 Å². The summed E-state index contributed by atoms with van der Waals surface area (Å²) < 4.78 is 3.96. The fraction of sp³-hybridized carbons (Fsp3) is 0.350. The molecule has 148 valence electrons. The van der Waals surface area contributed by atoms with E-state index in [0.29, 0.717) is 13.1 Å². The predicted molar refractivity (Wildman–Crippen MR) is 121 cm³/mol. The molecule has 0 atom stereocenters. The van der Waals surface area contributed by atoms with Crippen molar-refractivity contribution in [2.24, 2.45) is 12.0 Å². The lowest BCUT2D eigenvalue weighted by atomic mass is 10.2. The summed E-state index contributed by atoms with van der Waals surface area (Å²) in [4.78, 5) is 4.32. The van der Waals surface area contributed by atoms with Gasteiger partial charge >= 0.3 is 0 Å². The van der Waals surface area contributed by atoms with E-state index in [4.69, 9.17) is 5.10 Å². The first-order chi connectivity index (χ1) is 13.3. The van der Waals surface area contributed by atoms with E-state index in [0.717, 1.165) is 35.9 Å². The van der Waals surface area contributed by atoms with Crippen LogP contribution < -0.4 is 10.6 Å². The van der Waals surface area contributed by atoms with Gasteiger partial charge in [0.25, 0.3) is 0 Å². The molecule has 0 aliphatic heterocycles. The lowest BCUT2D eigenvalue weighted by Crippen LogP contribution is -2.37. The molecule has 2 N–H and O–H groups in total. The first-order valence-electron chi connectivity index (χ1n) is 9.32. The molecule has 0 saturated heterocycles. The Kier molecular flexibility index (Phi) is 6.71. The molecule has 8 heteroatoms. The van der Waals surface area contributed by atoms with E-state index in [1.807, 2.05) is 23.9 Å². The van der Waals surface area contributed by atoms with E-state index in [1.165, 1.54) is 17.7 Å². The Bertz CT molecular complexity index is 943. The average Bonchev–Trinajstić information content (AvgIpc) is 3.40. The molecule has 28 heavy (non-hydrogen) atoms. The van der Waals surface area contributed by atoms with Crippen LogP contribution in [-0.2, 0) is 33.0 Å². The van der Waals surface area contributed by atoms with Crippen molar-refractivity contribution >= 4 is 29.9 Å². The van der Waals surface area contributed by atoms with E-state index in [1.54, 1.807) is 13.2 Å². The Morgan fingerprint density at radius 1 is 1.11 bits per heavy atom. The van der Waals surface area contributed by atoms with Gasteiger partial charge in [-0.25, -0.2) is 4.68 Å². The van der Waals surface area contributed by atoms with Gasteiger partial charge in [0.1, 0.15) is 0 Å². The van der Waals surface area contributed by atoms with E-state index in [9.17, 15) is 0 Å². The number of halogens is 1. The van der Waals surface area contributed by atoms with Crippen LogP contribution in [0.5, 0.6) is 0 Å². The molecule has 1 aliphatic carbocycles. The normalized spacial score (nSPS) is 13.1. The molecule has 7 nitrogen and oxygen atoms in total. The van der Waals surface area contributed by atoms with Crippen LogP contribution in [-0.4, -0.2) is 32.6 Å². The van der Waals surface area contributed by atoms with Crippen LogP contribution in [0.2, 0.25) is 0 Å². The number of para-hydroxylation sites is 1. The number of hydrogen-bond donors (Lipinski definition) is 2. The predicted octanol–water partition coefficient (Wildman–Crippen LogP) is 2.58. The van der Waals surface area contributed by atoms with E-state index in [-0.39, 0.29) is 24.0 Å². The zero-order valence-corrected chi connectivity index (χ0v) is 18.6. The highest BCUT2D eigenvalue weighted by atomic mass is 127. The molecule has 0 fully saturated rings. The smallest absolute Gasteiger partial charge is 0.191 e. The van der Waals surface area contributed by atoms with E-state index in [2.05, 4.69) is 49.7 Å². The summed E-state index contributed by atoms with van der Waals surface area (Å²) in [5, 5.41) is 15.8. The molecule has 1 aliphatic rings. The number of nitrogens with zero attached hydrogens (tertiary/aromatic N) is 5. The molecule has 0 bridgehead atoms. The number of benzene rings is 1. The van der Waals surface area contributed by atoms with E-state index < -0.39 is 0 Å². The quantitative estimate of drug-likeness (QED) is 0.327. The van der Waals surface area contributed by atoms with Crippen molar-refractivity contribution in [2.45, 2.75) is 32.4 Å². The molecular weight excluding hydrogens is 465 g/mol. The van der Waals surface area contributed by atoms with Crippen LogP contribution in [0.4, 0.5) is 0 Å². The summed E-state index contributed by atoms with van der Waals surface area (Å²) in [7, 11) is 3.72. The molecule has 4 rings (SSSR count). The fourth-order valence-corrected chi connectivity index (χ4v) is 3.58. The maximum absolute atomic E-state index is 4.89. The van der Waals surface area contributed by atoms with Gasteiger partial charge in [-0.15, -0.1) is 24.0 Å². The van der Waals surface area contributed by atoms with Gasteiger partial charge < -0.3 is 10.6 Å². The topological polar surface area (TPSA) is 72.1 Å². The molecule has 0 saturated carbocycles. The number of rotatable bonds is 5. The number of aromatic nitrogens is 4. The van der Waals surface area contributed by atoms with E-state index >= 15 is 0 Å². The summed E-state index contributed by atoms with van der Waals surface area (Å²) in [6.45, 7) is 1.33. The van der Waals surface area contributed by atoms with Crippen LogP contribution in [0, 0.1) is 0 Å². The minimum absolute atomic E-state index is 0. The first-order valence-corrected chi connectivity index (χ1v) is 9.32. The van der Waals surface area contributed by atoms with Crippen LogP contribution in [0.3, 0.4) is 0 Å². The Hall–Kier alpha value is -2.36. The van der Waals surface area contributed by atoms with Gasteiger partial charge in [-0.1, -0.05) is 18.2 Å². The second-order valence-corrected chi connectivity index (χ2v) is 6.70. The lowest BCUT2D eigenvalue weighted by molar-refractivity contribution is 0.681. The van der Waals surface area contributed by atoms with Crippen LogP contribution in [0.1, 0.15) is 29.1 Å². The molecule has 0 radical (unpaired) electrons. The number of nitrogens with one attached hydrogen (secondary N) is 2. The SMILES string of the molecule is CN=C(NCc1nn(-c2ccccc2)c2c1CCC2)NCc1ccnn1C.I. The minimum Gasteiger partial charge on any atom is -0.351 e. The Morgan fingerprint density at radius 3 is 2.61 bits per heavy atom. The highest BCUT2D eigenvalue weighted by molar-refractivity contribution is 14.0. The largest absolute Gasteiger partial charge is 0.351 e. The van der Waals surface area contributed by atoms with Crippen molar-refractivity contribution in [1.29, 1.82) is 0 Å². The summed E-state index contributed by atoms with van der Waals surface area (Å²) in [5.41, 5.74) is 6.06. The van der Waals surface area contributed by atoms with Crippen molar-refractivity contribution < 1.29 is 0 Å². The fourth-order valence-electron chi connectivity index (χ4n) is 3.58. The number of aliphatic imine (C=N–C) groups is 1. The van der Waals surface area contributed by atoms with Gasteiger partial charge in [-0.3, -0.25) is 9.67 Å². The number of aryl methyl sites for hydroxylation is 1. The number of hydrogen-bond acceptors (Lipinski definition) is 3. The third kappa shape index (κ3) is 4.21. The summed E-state index contributed by atoms with van der Waals surface area (Å²) in [6, 6.07) is 12.4. The van der Waals surface area contributed by atoms with Crippen molar-refractivity contribution in [2.75, 3.05) is 7.05 Å². The second kappa shape index (κ2) is 9.22. The highest BCUT2D eigenvalue weighted by Gasteiger charge is 2.23. The second-order valence-electron chi connectivity index (χ2n) is 6.70. The molecule has 2 heterocycles. The van der Waals surface area contributed by atoms with Crippen LogP contribution in [0.15, 0.2) is 47.6 Å². The third-order valence-electron chi connectivity index (χ3n) is 5.02. The van der Waals surface area contributed by atoms with Crippen molar-refractivity contribution in [3.8, 4) is 5.69 Å². The standard InChI is InChI=1S/C20H25N7.HI/c1-21-20(22-13-16-11-12-24-26(16)2)23-14-18-17-9-6-10-19(17)27(25-18)15-7-4-3-5-8-15;/h3-5,7-8,11-12H,6,9-10,13-14H2,1-2H3,(H2,21,22,23);1H. The van der Waals surface area contributed by atoms with Gasteiger partial charge in [0, 0.05) is 26.0 Å². The van der Waals surface area contributed by atoms with Gasteiger partial charge in [-0.2, -0.15) is 10.2 Å². The monoisotopic (exact) mass is 491 g/mol. The molecule has 2 aromatic heterocycles. The summed E-state index contributed by atoms with van der Waals surface area (Å²) in [5.74, 6) is 0.761. The van der Waals surface area contributed by atoms with Crippen molar-refractivity contribution in [1.82, 2.24) is 30.2 Å². The maximum Gasteiger partial charge on any atom is 0.191 e. The van der Waals surface area contributed by atoms with Crippen LogP contribution >= 0.6 is 24.0 Å². The zero-order chi connectivity index (χ0) is 18.6. The Morgan fingerprint density at radius 2 is 1.89 bits per heavy atom. The average molecular weight is 491 g/mol. The lowest BCUT2D eigenvalue weighted by Gasteiger charge is -2.11. The number of fused-ring (bicyclic) bond motifs is 1. The summed E-state index contributed by atoms with van der Waals surface area (Å²) >= 11 is 0. The summed E-state index contributed by atoms with van der Waals surface area (Å²) in [6.07, 6.45) is 5.18. The first kappa shape index (κ1) is 20.4. The molecule has 1 aromatic carbocycles. The molecule has 0 spiro atoms. The number of guanidine groups is 1. The molecular formula is C20H26IN7. The van der Waals surface area contributed by atoms with Crippen molar-refractivity contribution in [3.63, 3.8) is 0 Å². The zero-order valence-electron chi connectivity index (χ0n) is 16.2. The van der Waals surface area contributed by atoms with Gasteiger partial charge in [-0.05, 0) is 43.0 Å². The maximum atomic E-state index is 4.89. The molecule has 0 unspecified atom stereocenters. The van der Waals surface area contributed by atoms with Gasteiger partial charge in [0.15, 0.2) is 5.96 Å². The van der Waals surface area contributed by atoms with Crippen LogP contribution in [0.25, 0.3) is 5.69 Å². The Balaban J connectivity index is 0.00000225. The third-order valence-corrected chi connectivity index (χ3v) is 5.02. The highest BCUT2D eigenvalue weighted by Crippen LogP contribution is 2.27. The van der Waals surface area contributed by atoms with Gasteiger partial charge in [0.2, 0.25) is 0 Å².